The van der Waals surface area contributed by atoms with Gasteiger partial charge in [0.15, 0.2) is 0 Å². The predicted octanol–water partition coefficient (Wildman–Crippen LogP) is 2.59. The van der Waals surface area contributed by atoms with Gasteiger partial charge in [-0.25, -0.2) is 0 Å². The lowest BCUT2D eigenvalue weighted by Gasteiger charge is -2.03. The van der Waals surface area contributed by atoms with Crippen LogP contribution in [0.15, 0.2) is 18.2 Å². The van der Waals surface area contributed by atoms with Crippen molar-refractivity contribution in [2.75, 3.05) is 6.54 Å². The maximum absolute atomic E-state index is 9.00. The maximum atomic E-state index is 9.00. The van der Waals surface area contributed by atoms with E-state index in [1.807, 2.05) is 18.2 Å². The third-order valence-electron chi connectivity index (χ3n) is 1.46. The zero-order chi connectivity index (χ0) is 11.8. The first-order valence-corrected chi connectivity index (χ1v) is 5.07. The summed E-state index contributed by atoms with van der Waals surface area (Å²) in [5.74, 6) is -0.833. The monoisotopic (exact) mass is 249 g/mol. The third-order valence-corrected chi connectivity index (χ3v) is 2.16. The van der Waals surface area contributed by atoms with Gasteiger partial charge in [0.05, 0.1) is 0 Å². The van der Waals surface area contributed by atoms with E-state index >= 15 is 0 Å². The summed E-state index contributed by atoms with van der Waals surface area (Å²) in [7, 11) is 0. The Labute approximate surface area is 98.8 Å². The fraction of sp³-hybridized carbons (Fsp3) is 0.300. The van der Waals surface area contributed by atoms with Crippen LogP contribution in [0.2, 0.25) is 10.0 Å². The molecule has 1 aromatic carbocycles. The molecule has 84 valence electrons. The number of carbonyl (C=O) groups is 1. The molecular formula is C10H13Cl2NO2. The molecule has 0 saturated carbocycles. The van der Waals surface area contributed by atoms with Crippen molar-refractivity contribution in [3.8, 4) is 0 Å². The van der Waals surface area contributed by atoms with Gasteiger partial charge in [-0.2, -0.15) is 0 Å². The van der Waals surface area contributed by atoms with Crippen LogP contribution >= 0.6 is 23.2 Å². The van der Waals surface area contributed by atoms with Gasteiger partial charge in [0.1, 0.15) is 0 Å². The van der Waals surface area contributed by atoms with Gasteiger partial charge in [-0.15, -0.1) is 0 Å². The first-order chi connectivity index (χ1) is 6.99. The number of benzene rings is 1. The summed E-state index contributed by atoms with van der Waals surface area (Å²) in [6, 6.07) is 5.46. The Hall–Kier alpha value is -0.770. The molecule has 3 N–H and O–H groups in total. The largest absolute Gasteiger partial charge is 0.481 e. The summed E-state index contributed by atoms with van der Waals surface area (Å²) in [5.41, 5.74) is 6.32. The van der Waals surface area contributed by atoms with E-state index in [4.69, 9.17) is 38.8 Å². The molecular weight excluding hydrogens is 237 g/mol. The van der Waals surface area contributed by atoms with Crippen molar-refractivity contribution < 1.29 is 9.90 Å². The molecule has 0 saturated heterocycles. The quantitative estimate of drug-likeness (QED) is 0.847. The molecule has 0 fully saturated rings. The van der Waals surface area contributed by atoms with E-state index in [1.54, 1.807) is 0 Å². The highest BCUT2D eigenvalue weighted by Gasteiger charge is 2.02. The van der Waals surface area contributed by atoms with E-state index in [2.05, 4.69) is 0 Å². The molecule has 5 heteroatoms. The van der Waals surface area contributed by atoms with Gasteiger partial charge in [-0.05, 0) is 30.7 Å². The van der Waals surface area contributed by atoms with Crippen molar-refractivity contribution in [1.82, 2.24) is 0 Å². The van der Waals surface area contributed by atoms with Crippen LogP contribution in [0.5, 0.6) is 0 Å². The minimum Gasteiger partial charge on any atom is -0.481 e. The van der Waals surface area contributed by atoms with Gasteiger partial charge >= 0.3 is 0 Å². The number of halogens is 2. The normalized spacial score (nSPS) is 9.07. The molecule has 0 aliphatic rings. The number of hydrogen-bond donors (Lipinski definition) is 2. The topological polar surface area (TPSA) is 63.3 Å². The predicted molar refractivity (Wildman–Crippen MR) is 62.5 cm³/mol. The summed E-state index contributed by atoms with van der Waals surface area (Å²) in [5, 5.41) is 8.81. The van der Waals surface area contributed by atoms with Gasteiger partial charge in [-0.1, -0.05) is 29.3 Å². The van der Waals surface area contributed by atoms with Crippen LogP contribution in [-0.2, 0) is 11.2 Å². The molecule has 0 heterocycles. The number of carboxylic acid groups (broad SMARTS) is 1. The molecule has 15 heavy (non-hydrogen) atoms. The number of carboxylic acids is 1. The van der Waals surface area contributed by atoms with Crippen molar-refractivity contribution >= 4 is 29.2 Å². The second-order valence-electron chi connectivity index (χ2n) is 2.76. The Bertz CT molecular complexity index is 305. The first kappa shape index (κ1) is 14.2. The van der Waals surface area contributed by atoms with Crippen LogP contribution < -0.4 is 5.73 Å². The highest BCUT2D eigenvalue weighted by molar-refractivity contribution is 6.35. The third kappa shape index (κ3) is 6.33. The second kappa shape index (κ2) is 7.51. The highest BCUT2D eigenvalue weighted by Crippen LogP contribution is 2.23. The molecule has 0 atom stereocenters. The fourth-order valence-corrected chi connectivity index (χ4v) is 1.50. The summed E-state index contributed by atoms with van der Waals surface area (Å²) < 4.78 is 0. The second-order valence-corrected chi connectivity index (χ2v) is 3.57. The van der Waals surface area contributed by atoms with Crippen molar-refractivity contribution in [3.63, 3.8) is 0 Å². The van der Waals surface area contributed by atoms with Crippen molar-refractivity contribution in [1.29, 1.82) is 0 Å². The standard InChI is InChI=1S/C8H9Cl2N.C2H4O2/c9-7-2-1-3-8(10)6(7)4-5-11;1-2(3)4/h1-3H,4-5,11H2;1H3,(H,3,4). The highest BCUT2D eigenvalue weighted by atomic mass is 35.5. The van der Waals surface area contributed by atoms with E-state index in [9.17, 15) is 0 Å². The number of rotatable bonds is 2. The van der Waals surface area contributed by atoms with E-state index in [1.165, 1.54) is 0 Å². The van der Waals surface area contributed by atoms with Gasteiger partial charge in [-0.3, -0.25) is 4.79 Å². The molecule has 3 nitrogen and oxygen atoms in total. The number of hydrogen-bond acceptors (Lipinski definition) is 2. The summed E-state index contributed by atoms with van der Waals surface area (Å²) >= 11 is 11.7. The molecule has 1 aromatic rings. The van der Waals surface area contributed by atoms with Gasteiger partial charge in [0.25, 0.3) is 5.97 Å². The van der Waals surface area contributed by atoms with Crippen LogP contribution in [0.25, 0.3) is 0 Å². The molecule has 0 radical (unpaired) electrons. The van der Waals surface area contributed by atoms with E-state index < -0.39 is 5.97 Å². The minimum absolute atomic E-state index is 0.573. The van der Waals surface area contributed by atoms with E-state index in [-0.39, 0.29) is 0 Å². The van der Waals surface area contributed by atoms with Crippen LogP contribution in [0.4, 0.5) is 0 Å². The van der Waals surface area contributed by atoms with Gasteiger partial charge in [0.2, 0.25) is 0 Å². The average Bonchev–Trinajstić information content (AvgIpc) is 2.11. The Balaban J connectivity index is 0.000000423. The van der Waals surface area contributed by atoms with Crippen LogP contribution in [0.1, 0.15) is 12.5 Å². The van der Waals surface area contributed by atoms with Crippen LogP contribution in [0, 0.1) is 0 Å². The van der Waals surface area contributed by atoms with E-state index in [0.29, 0.717) is 16.6 Å². The lowest BCUT2D eigenvalue weighted by molar-refractivity contribution is -0.134. The average molecular weight is 250 g/mol. The Morgan fingerprint density at radius 2 is 1.80 bits per heavy atom. The molecule has 0 spiro atoms. The van der Waals surface area contributed by atoms with Gasteiger partial charge < -0.3 is 10.8 Å². The maximum Gasteiger partial charge on any atom is 0.300 e. The minimum atomic E-state index is -0.833. The molecule has 0 aromatic heterocycles. The van der Waals surface area contributed by atoms with Crippen molar-refractivity contribution in [2.45, 2.75) is 13.3 Å². The van der Waals surface area contributed by atoms with Crippen molar-refractivity contribution in [2.24, 2.45) is 5.73 Å². The SMILES string of the molecule is CC(=O)O.NCCc1c(Cl)cccc1Cl. The Kier molecular flexibility index (Phi) is 7.13. The molecule has 0 unspecified atom stereocenters. The number of nitrogens with two attached hydrogens (primary N) is 1. The van der Waals surface area contributed by atoms with Crippen LogP contribution in [-0.4, -0.2) is 17.6 Å². The molecule has 0 aliphatic heterocycles. The Morgan fingerprint density at radius 3 is 2.13 bits per heavy atom. The summed E-state index contributed by atoms with van der Waals surface area (Å²) in [6.07, 6.45) is 0.735. The zero-order valence-electron chi connectivity index (χ0n) is 8.34. The summed E-state index contributed by atoms with van der Waals surface area (Å²) in [6.45, 7) is 1.66. The molecule has 0 aliphatic carbocycles. The van der Waals surface area contributed by atoms with E-state index in [0.717, 1.165) is 18.9 Å². The fourth-order valence-electron chi connectivity index (χ4n) is 0.916. The molecule has 1 rings (SSSR count). The lowest BCUT2D eigenvalue weighted by atomic mass is 10.1. The van der Waals surface area contributed by atoms with Gasteiger partial charge in [0, 0.05) is 17.0 Å². The summed E-state index contributed by atoms with van der Waals surface area (Å²) in [4.78, 5) is 9.00. The zero-order valence-corrected chi connectivity index (χ0v) is 9.85. The lowest BCUT2D eigenvalue weighted by Crippen LogP contribution is -2.03. The van der Waals surface area contributed by atoms with Crippen molar-refractivity contribution in [3.05, 3.63) is 33.8 Å². The Morgan fingerprint density at radius 1 is 1.40 bits per heavy atom. The number of aliphatic carboxylic acids is 1. The molecule has 0 amide bonds. The van der Waals surface area contributed by atoms with Crippen LogP contribution in [0.3, 0.4) is 0 Å². The smallest absolute Gasteiger partial charge is 0.300 e. The first-order valence-electron chi connectivity index (χ1n) is 4.31. The molecule has 0 bridgehead atoms.